The van der Waals surface area contributed by atoms with Crippen molar-refractivity contribution in [1.82, 2.24) is 20.2 Å². The first-order valence-electron chi connectivity index (χ1n) is 8.79. The van der Waals surface area contributed by atoms with E-state index in [4.69, 9.17) is 0 Å². The van der Waals surface area contributed by atoms with Crippen molar-refractivity contribution in [3.8, 4) is 0 Å². The summed E-state index contributed by atoms with van der Waals surface area (Å²) in [6.45, 7) is 3.68. The van der Waals surface area contributed by atoms with Crippen molar-refractivity contribution in [2.75, 3.05) is 25.1 Å². The number of aliphatic imine (C=N–C) groups is 1. The van der Waals surface area contributed by atoms with Gasteiger partial charge in [0.25, 0.3) is 0 Å². The maximum atomic E-state index is 13.5. The van der Waals surface area contributed by atoms with Gasteiger partial charge in [-0.3, -0.25) is 4.99 Å². The Kier molecular flexibility index (Phi) is 8.30. The Morgan fingerprint density at radius 1 is 1.43 bits per heavy atom. The lowest BCUT2D eigenvalue weighted by Crippen LogP contribution is -2.46. The minimum Gasteiger partial charge on any atom is -0.374 e. The minimum absolute atomic E-state index is 0.0203. The second kappa shape index (κ2) is 9.59. The largest absolute Gasteiger partial charge is 0.424 e. The van der Waals surface area contributed by atoms with Gasteiger partial charge in [0.05, 0.1) is 5.75 Å². The predicted octanol–water partition coefficient (Wildman–Crippen LogP) is 0.938. The number of hydrogen-bond donors (Lipinski definition) is 3. The molecule has 0 spiro atoms. The predicted molar refractivity (Wildman–Crippen MR) is 101 cm³/mol. The molecule has 0 amide bonds. The first-order valence-corrected chi connectivity index (χ1v) is 10.9. The Balaban J connectivity index is 2.86. The van der Waals surface area contributed by atoms with E-state index in [9.17, 15) is 26.7 Å². The topological polar surface area (TPSA) is 109 Å². The normalized spacial score (nSPS) is 16.5. The summed E-state index contributed by atoms with van der Waals surface area (Å²) in [5.41, 5.74) is -3.13. The van der Waals surface area contributed by atoms with Crippen LogP contribution >= 0.6 is 0 Å². The maximum absolute atomic E-state index is 13.5. The molecule has 0 aromatic carbocycles. The third-order valence-corrected chi connectivity index (χ3v) is 5.03. The van der Waals surface area contributed by atoms with Crippen LogP contribution in [-0.2, 0) is 22.5 Å². The summed E-state index contributed by atoms with van der Waals surface area (Å²) in [7, 11) is -1.74. The van der Waals surface area contributed by atoms with Crippen LogP contribution in [0.3, 0.4) is 0 Å². The average Bonchev–Trinajstić information content (AvgIpc) is 2.97. The van der Waals surface area contributed by atoms with Gasteiger partial charge in [0, 0.05) is 51.2 Å². The first kappa shape index (κ1) is 24.2. The summed E-state index contributed by atoms with van der Waals surface area (Å²) in [5.74, 6) is -0.282. The number of aryl methyl sites for hydroxylation is 1. The van der Waals surface area contributed by atoms with E-state index < -0.39 is 33.9 Å². The first-order chi connectivity index (χ1) is 12.8. The quantitative estimate of drug-likeness (QED) is 0.400. The Hall–Kier alpha value is -1.82. The third kappa shape index (κ3) is 6.97. The van der Waals surface area contributed by atoms with Crippen LogP contribution < -0.4 is 10.6 Å². The molecular weight excluding hydrogens is 399 g/mol. The third-order valence-electron chi connectivity index (χ3n) is 4.05. The number of hydrogen-bond acceptors (Lipinski definition) is 5. The van der Waals surface area contributed by atoms with Crippen molar-refractivity contribution >= 4 is 15.8 Å². The minimum atomic E-state index is -4.92. The molecule has 1 aromatic heterocycles. The standard InChI is InChI=1S/C16H28F3N5O3S/c1-5-20-14(23-12(2)6-11-28(4,26)27)22-8-7-15(25,16(17,18)19)13-21-9-10-24(13)3/h9-10,12,25H,5-8,11H2,1-4H3,(H2,20,22,23). The van der Waals surface area contributed by atoms with Gasteiger partial charge < -0.3 is 20.3 Å². The zero-order valence-electron chi connectivity index (χ0n) is 16.4. The zero-order valence-corrected chi connectivity index (χ0v) is 17.2. The van der Waals surface area contributed by atoms with E-state index in [0.717, 1.165) is 10.8 Å². The molecule has 0 fully saturated rings. The number of nitrogens with one attached hydrogen (secondary N) is 2. The molecule has 0 aliphatic heterocycles. The van der Waals surface area contributed by atoms with Gasteiger partial charge in [-0.1, -0.05) is 0 Å². The lowest BCUT2D eigenvalue weighted by Gasteiger charge is -2.29. The molecule has 8 nitrogen and oxygen atoms in total. The fraction of sp³-hybridized carbons (Fsp3) is 0.750. The molecule has 1 heterocycles. The summed E-state index contributed by atoms with van der Waals surface area (Å²) < 4.78 is 64.1. The van der Waals surface area contributed by atoms with Crippen LogP contribution in [0, 0.1) is 0 Å². The molecule has 3 N–H and O–H groups in total. The molecule has 0 radical (unpaired) electrons. The summed E-state index contributed by atoms with van der Waals surface area (Å²) in [6.07, 6.45) is -1.67. The van der Waals surface area contributed by atoms with Crippen molar-refractivity contribution in [2.45, 2.75) is 44.5 Å². The van der Waals surface area contributed by atoms with Crippen LogP contribution in [0.25, 0.3) is 0 Å². The number of sulfone groups is 1. The van der Waals surface area contributed by atoms with Gasteiger partial charge >= 0.3 is 6.18 Å². The number of aliphatic hydroxyl groups is 1. The van der Waals surface area contributed by atoms with Gasteiger partial charge in [-0.05, 0) is 20.3 Å². The van der Waals surface area contributed by atoms with E-state index in [1.807, 2.05) is 0 Å². The van der Waals surface area contributed by atoms with Crippen LogP contribution in [0.4, 0.5) is 13.2 Å². The Morgan fingerprint density at radius 2 is 2.07 bits per heavy atom. The van der Waals surface area contributed by atoms with E-state index in [0.29, 0.717) is 13.0 Å². The lowest BCUT2D eigenvalue weighted by atomic mass is 9.98. The Morgan fingerprint density at radius 3 is 2.54 bits per heavy atom. The second-order valence-electron chi connectivity index (χ2n) is 6.69. The van der Waals surface area contributed by atoms with Crippen LogP contribution in [0.15, 0.2) is 17.4 Å². The molecule has 2 unspecified atom stereocenters. The fourth-order valence-electron chi connectivity index (χ4n) is 2.49. The van der Waals surface area contributed by atoms with Crippen LogP contribution in [0.5, 0.6) is 0 Å². The molecule has 162 valence electrons. The van der Waals surface area contributed by atoms with Gasteiger partial charge in [0.2, 0.25) is 5.60 Å². The lowest BCUT2D eigenvalue weighted by molar-refractivity contribution is -0.272. The molecule has 0 saturated carbocycles. The van der Waals surface area contributed by atoms with E-state index in [-0.39, 0.29) is 24.3 Å². The molecule has 0 aliphatic carbocycles. The number of alkyl halides is 3. The van der Waals surface area contributed by atoms with E-state index in [2.05, 4.69) is 20.6 Å². The highest BCUT2D eigenvalue weighted by Gasteiger charge is 2.57. The molecule has 1 rings (SSSR count). The van der Waals surface area contributed by atoms with E-state index in [1.54, 1.807) is 13.8 Å². The number of rotatable bonds is 9. The van der Waals surface area contributed by atoms with Gasteiger partial charge in [0.15, 0.2) is 5.96 Å². The van der Waals surface area contributed by atoms with Crippen molar-refractivity contribution in [3.63, 3.8) is 0 Å². The van der Waals surface area contributed by atoms with E-state index in [1.165, 1.54) is 19.4 Å². The highest BCUT2D eigenvalue weighted by molar-refractivity contribution is 7.90. The summed E-state index contributed by atoms with van der Waals surface area (Å²) in [6, 6.07) is -0.261. The highest BCUT2D eigenvalue weighted by Crippen LogP contribution is 2.40. The molecule has 0 aliphatic rings. The average molecular weight is 427 g/mol. The SMILES string of the molecule is CCNC(=NCCC(O)(c1nccn1C)C(F)(F)F)NC(C)CCS(C)(=O)=O. The van der Waals surface area contributed by atoms with Gasteiger partial charge in [-0.2, -0.15) is 13.2 Å². The number of aromatic nitrogens is 2. The second-order valence-corrected chi connectivity index (χ2v) is 8.95. The zero-order chi connectivity index (χ0) is 21.6. The number of guanidine groups is 1. The van der Waals surface area contributed by atoms with E-state index >= 15 is 0 Å². The molecule has 1 aromatic rings. The molecule has 0 saturated heterocycles. The molecule has 2 atom stereocenters. The smallest absolute Gasteiger partial charge is 0.374 e. The maximum Gasteiger partial charge on any atom is 0.424 e. The van der Waals surface area contributed by atoms with Gasteiger partial charge in [-0.25, -0.2) is 13.4 Å². The van der Waals surface area contributed by atoms with Crippen molar-refractivity contribution < 1.29 is 26.7 Å². The van der Waals surface area contributed by atoms with Gasteiger partial charge in [-0.15, -0.1) is 0 Å². The summed E-state index contributed by atoms with van der Waals surface area (Å²) >= 11 is 0. The van der Waals surface area contributed by atoms with Crippen molar-refractivity contribution in [2.24, 2.45) is 12.0 Å². The number of nitrogens with zero attached hydrogens (tertiary/aromatic N) is 3. The van der Waals surface area contributed by atoms with Crippen LogP contribution in [0.2, 0.25) is 0 Å². The monoisotopic (exact) mass is 427 g/mol. The molecule has 12 heteroatoms. The molecule has 0 bridgehead atoms. The van der Waals surface area contributed by atoms with Crippen molar-refractivity contribution in [3.05, 3.63) is 18.2 Å². The summed E-state index contributed by atoms with van der Waals surface area (Å²) in [5, 5.41) is 16.1. The molecule has 28 heavy (non-hydrogen) atoms. The number of halogens is 3. The van der Waals surface area contributed by atoms with Crippen LogP contribution in [0.1, 0.15) is 32.5 Å². The molecular formula is C16H28F3N5O3S. The fourth-order valence-corrected chi connectivity index (χ4v) is 3.27. The Bertz CT molecular complexity index is 764. The summed E-state index contributed by atoms with van der Waals surface area (Å²) in [4.78, 5) is 7.72. The highest BCUT2D eigenvalue weighted by atomic mass is 32.2. The van der Waals surface area contributed by atoms with Crippen molar-refractivity contribution in [1.29, 1.82) is 0 Å². The Labute approximate surface area is 163 Å². The number of imidazole rings is 1. The van der Waals surface area contributed by atoms with Gasteiger partial charge in [0.1, 0.15) is 15.7 Å². The van der Waals surface area contributed by atoms with Crippen LogP contribution in [-0.4, -0.2) is 66.4 Å².